The van der Waals surface area contributed by atoms with Crippen molar-refractivity contribution in [3.63, 3.8) is 0 Å². The molecule has 178 valence electrons. The number of carbonyl (C=O) groups is 3. The molecule has 4 amide bonds. The van der Waals surface area contributed by atoms with Gasteiger partial charge in [0.1, 0.15) is 6.04 Å². The maximum atomic E-state index is 13.4. The number of amides is 4. The van der Waals surface area contributed by atoms with Crippen LogP contribution in [0.3, 0.4) is 0 Å². The van der Waals surface area contributed by atoms with E-state index in [1.807, 2.05) is 37.3 Å². The maximum Gasteiger partial charge on any atom is 0.317 e. The van der Waals surface area contributed by atoms with E-state index < -0.39 is 6.04 Å². The van der Waals surface area contributed by atoms with Crippen LogP contribution in [0.4, 0.5) is 4.79 Å². The molecule has 0 saturated carbocycles. The van der Waals surface area contributed by atoms with Crippen LogP contribution in [-0.2, 0) is 16.0 Å². The maximum absolute atomic E-state index is 13.4. The van der Waals surface area contributed by atoms with Gasteiger partial charge in [0, 0.05) is 45.1 Å². The second-order valence-corrected chi connectivity index (χ2v) is 8.68. The zero-order valence-electron chi connectivity index (χ0n) is 19.9. The molecule has 2 rings (SSSR count). The highest BCUT2D eigenvalue weighted by atomic mass is 16.2. The molecular weight excluding hydrogens is 404 g/mol. The number of unbranched alkanes of at least 4 members (excludes halogenated alkanes) is 3. The third kappa shape index (κ3) is 8.17. The fraction of sp³-hybridized carbons (Fsp3) is 0.640. The van der Waals surface area contributed by atoms with Crippen LogP contribution >= 0.6 is 0 Å². The summed E-state index contributed by atoms with van der Waals surface area (Å²) in [4.78, 5) is 41.9. The van der Waals surface area contributed by atoms with Gasteiger partial charge >= 0.3 is 6.03 Å². The van der Waals surface area contributed by atoms with E-state index in [0.29, 0.717) is 39.0 Å². The first-order chi connectivity index (χ1) is 15.5. The van der Waals surface area contributed by atoms with Crippen LogP contribution in [-0.4, -0.2) is 65.9 Å². The number of carbonyl (C=O) groups excluding carboxylic acids is 3. The molecule has 32 heavy (non-hydrogen) atoms. The van der Waals surface area contributed by atoms with Crippen LogP contribution in [0, 0.1) is 0 Å². The molecule has 1 aromatic rings. The summed E-state index contributed by atoms with van der Waals surface area (Å²) in [6.07, 6.45) is 5.78. The molecule has 0 aromatic heterocycles. The molecule has 0 aliphatic carbocycles. The average Bonchev–Trinajstić information content (AvgIpc) is 2.79. The summed E-state index contributed by atoms with van der Waals surface area (Å²) in [6, 6.07) is 9.04. The summed E-state index contributed by atoms with van der Waals surface area (Å²) in [5.41, 5.74) is 1.02. The molecule has 0 bridgehead atoms. The normalized spacial score (nSPS) is 17.0. The molecule has 1 heterocycles. The summed E-state index contributed by atoms with van der Waals surface area (Å²) in [5.74, 6) is -0.148. The lowest BCUT2D eigenvalue weighted by Gasteiger charge is -2.41. The minimum Gasteiger partial charge on any atom is -0.344 e. The van der Waals surface area contributed by atoms with Crippen LogP contribution in [0.15, 0.2) is 30.3 Å². The topological polar surface area (TPSA) is 81.8 Å². The first-order valence-electron chi connectivity index (χ1n) is 12.1. The van der Waals surface area contributed by atoms with Crippen LogP contribution in [0.25, 0.3) is 0 Å². The summed E-state index contributed by atoms with van der Waals surface area (Å²) in [6.45, 7) is 8.27. The largest absolute Gasteiger partial charge is 0.344 e. The van der Waals surface area contributed by atoms with E-state index >= 15 is 0 Å². The average molecular weight is 445 g/mol. The van der Waals surface area contributed by atoms with Gasteiger partial charge in [-0.2, -0.15) is 0 Å². The van der Waals surface area contributed by atoms with Gasteiger partial charge in [-0.25, -0.2) is 4.79 Å². The fourth-order valence-corrected chi connectivity index (χ4v) is 4.01. The van der Waals surface area contributed by atoms with E-state index in [-0.39, 0.29) is 23.9 Å². The van der Waals surface area contributed by atoms with Gasteiger partial charge in [0.15, 0.2) is 0 Å². The molecule has 1 aromatic carbocycles. The fourth-order valence-electron chi connectivity index (χ4n) is 4.01. The van der Waals surface area contributed by atoms with Gasteiger partial charge in [-0.3, -0.25) is 9.59 Å². The van der Waals surface area contributed by atoms with E-state index in [2.05, 4.69) is 24.5 Å². The van der Waals surface area contributed by atoms with Crippen LogP contribution < -0.4 is 10.6 Å². The van der Waals surface area contributed by atoms with Crippen LogP contribution in [0.1, 0.15) is 64.9 Å². The van der Waals surface area contributed by atoms with Crippen molar-refractivity contribution in [3.8, 4) is 0 Å². The number of nitrogens with one attached hydrogen (secondary N) is 2. The first-order valence-corrected chi connectivity index (χ1v) is 12.1. The minimum absolute atomic E-state index is 0.0666. The molecule has 1 aliphatic rings. The summed E-state index contributed by atoms with van der Waals surface area (Å²) in [7, 11) is 0. The Morgan fingerprint density at radius 1 is 1.03 bits per heavy atom. The zero-order valence-corrected chi connectivity index (χ0v) is 19.9. The smallest absolute Gasteiger partial charge is 0.317 e. The summed E-state index contributed by atoms with van der Waals surface area (Å²) < 4.78 is 0. The first kappa shape index (κ1) is 25.7. The predicted octanol–water partition coefficient (Wildman–Crippen LogP) is 3.34. The predicted molar refractivity (Wildman–Crippen MR) is 127 cm³/mol. The molecule has 2 unspecified atom stereocenters. The molecule has 2 atom stereocenters. The van der Waals surface area contributed by atoms with Gasteiger partial charge < -0.3 is 20.4 Å². The molecule has 1 saturated heterocycles. The van der Waals surface area contributed by atoms with Gasteiger partial charge in [0.2, 0.25) is 11.8 Å². The Bertz CT molecular complexity index is 725. The second-order valence-electron chi connectivity index (χ2n) is 8.68. The number of piperazine rings is 1. The Kier molecular flexibility index (Phi) is 11.0. The number of rotatable bonds is 11. The van der Waals surface area contributed by atoms with E-state index in [9.17, 15) is 14.4 Å². The van der Waals surface area contributed by atoms with Crippen molar-refractivity contribution in [2.45, 2.75) is 77.8 Å². The highest BCUT2D eigenvalue weighted by molar-refractivity contribution is 5.88. The lowest BCUT2D eigenvalue weighted by atomic mass is 10.0. The van der Waals surface area contributed by atoms with Crippen molar-refractivity contribution >= 4 is 17.8 Å². The third-order valence-corrected chi connectivity index (χ3v) is 5.93. The van der Waals surface area contributed by atoms with E-state index in [0.717, 1.165) is 37.7 Å². The molecule has 1 fully saturated rings. The van der Waals surface area contributed by atoms with E-state index in [1.54, 1.807) is 9.80 Å². The Balaban J connectivity index is 2.00. The molecule has 7 nitrogen and oxygen atoms in total. The standard InChI is InChI=1S/C25H40N4O3/c1-4-6-9-14-23(30)27-22(18-21-12-10-8-11-13-21)24(31)28-16-17-29(20(3)19-28)25(32)26-15-7-5-2/h8,10-13,20,22H,4-7,9,14-19H2,1-3H3,(H,26,32)(H,27,30). The van der Waals surface area contributed by atoms with E-state index in [1.165, 1.54) is 0 Å². The number of hydrogen-bond acceptors (Lipinski definition) is 3. The van der Waals surface area contributed by atoms with Gasteiger partial charge in [-0.15, -0.1) is 0 Å². The molecule has 2 N–H and O–H groups in total. The van der Waals surface area contributed by atoms with E-state index in [4.69, 9.17) is 0 Å². The molecule has 0 spiro atoms. The lowest BCUT2D eigenvalue weighted by molar-refractivity contribution is -0.138. The Morgan fingerprint density at radius 2 is 1.75 bits per heavy atom. The van der Waals surface area contributed by atoms with Crippen LogP contribution in [0.2, 0.25) is 0 Å². The van der Waals surface area contributed by atoms with Crippen molar-refractivity contribution in [2.24, 2.45) is 0 Å². The van der Waals surface area contributed by atoms with Gasteiger partial charge in [-0.05, 0) is 25.3 Å². The highest BCUT2D eigenvalue weighted by Crippen LogP contribution is 2.14. The number of urea groups is 1. The van der Waals surface area contributed by atoms with Gasteiger partial charge in [0.05, 0.1) is 0 Å². The quantitative estimate of drug-likeness (QED) is 0.514. The highest BCUT2D eigenvalue weighted by Gasteiger charge is 2.33. The molecule has 1 aliphatic heterocycles. The van der Waals surface area contributed by atoms with Crippen molar-refractivity contribution in [1.29, 1.82) is 0 Å². The summed E-state index contributed by atoms with van der Waals surface area (Å²) in [5, 5.41) is 5.94. The Morgan fingerprint density at radius 3 is 2.41 bits per heavy atom. The van der Waals surface area contributed by atoms with Crippen molar-refractivity contribution in [1.82, 2.24) is 20.4 Å². The zero-order chi connectivity index (χ0) is 23.3. The number of hydrogen-bond donors (Lipinski definition) is 2. The summed E-state index contributed by atoms with van der Waals surface area (Å²) >= 11 is 0. The molecule has 7 heteroatoms. The molecular formula is C25H40N4O3. The van der Waals surface area contributed by atoms with Crippen molar-refractivity contribution in [2.75, 3.05) is 26.2 Å². The third-order valence-electron chi connectivity index (χ3n) is 5.93. The van der Waals surface area contributed by atoms with Crippen molar-refractivity contribution in [3.05, 3.63) is 35.9 Å². The number of benzene rings is 1. The SMILES string of the molecule is CCCCCC(=O)NC(Cc1ccccc1)C(=O)N1CCN(C(=O)NCCCC)C(C)C1. The lowest BCUT2D eigenvalue weighted by Crippen LogP contribution is -2.60. The minimum atomic E-state index is -0.594. The van der Waals surface area contributed by atoms with Crippen molar-refractivity contribution < 1.29 is 14.4 Å². The Labute approximate surface area is 192 Å². The Hall–Kier alpha value is -2.57. The number of nitrogens with zero attached hydrogens (tertiary/aromatic N) is 2. The van der Waals surface area contributed by atoms with Gasteiger partial charge in [0.25, 0.3) is 0 Å². The molecule has 0 radical (unpaired) electrons. The van der Waals surface area contributed by atoms with Crippen LogP contribution in [0.5, 0.6) is 0 Å². The monoisotopic (exact) mass is 444 g/mol. The van der Waals surface area contributed by atoms with Gasteiger partial charge in [-0.1, -0.05) is 63.4 Å². The second kappa shape index (κ2) is 13.8.